The Morgan fingerprint density at radius 1 is 1.22 bits per heavy atom. The maximum absolute atomic E-state index is 12.6. The van der Waals surface area contributed by atoms with Gasteiger partial charge >= 0.3 is 0 Å². The van der Waals surface area contributed by atoms with Crippen molar-refractivity contribution in [2.75, 3.05) is 12.3 Å². The maximum Gasteiger partial charge on any atom is 0.223 e. The van der Waals surface area contributed by atoms with Crippen LogP contribution in [-0.2, 0) is 24.1 Å². The molecule has 0 aliphatic heterocycles. The van der Waals surface area contributed by atoms with E-state index >= 15 is 0 Å². The van der Waals surface area contributed by atoms with Gasteiger partial charge in [0.05, 0.1) is 5.52 Å². The number of carbonyl (C=O) groups is 1. The lowest BCUT2D eigenvalue weighted by molar-refractivity contribution is -0.125. The van der Waals surface area contributed by atoms with Crippen molar-refractivity contribution in [1.82, 2.24) is 10.3 Å². The largest absolute Gasteiger partial charge is 0.398 e. The number of benzene rings is 2. The molecule has 2 aromatic carbocycles. The van der Waals surface area contributed by atoms with Gasteiger partial charge in [-0.3, -0.25) is 9.78 Å². The lowest BCUT2D eigenvalue weighted by atomic mass is 9.84. The summed E-state index contributed by atoms with van der Waals surface area (Å²) in [6, 6.07) is 16.2. The van der Waals surface area contributed by atoms with E-state index in [9.17, 15) is 4.79 Å². The number of pyridine rings is 1. The Labute approximate surface area is 167 Å². The molecule has 1 aromatic heterocycles. The van der Waals surface area contributed by atoms with Gasteiger partial charge in [-0.15, -0.1) is 0 Å². The molecular weight excluding hydrogens is 402 g/mol. The van der Waals surface area contributed by atoms with Crippen LogP contribution in [0.4, 0.5) is 5.69 Å². The highest BCUT2D eigenvalue weighted by Gasteiger charge is 2.27. The zero-order chi connectivity index (χ0) is 18.8. The number of amides is 1. The Balaban J connectivity index is 1.46. The van der Waals surface area contributed by atoms with Crippen molar-refractivity contribution in [2.45, 2.75) is 25.7 Å². The van der Waals surface area contributed by atoms with Gasteiger partial charge in [-0.25, -0.2) is 0 Å². The van der Waals surface area contributed by atoms with Gasteiger partial charge in [0, 0.05) is 33.7 Å². The average Bonchev–Trinajstić information content (AvgIpc) is 2.68. The highest BCUT2D eigenvalue weighted by atomic mass is 79.9. The van der Waals surface area contributed by atoms with Crippen LogP contribution < -0.4 is 11.1 Å². The van der Waals surface area contributed by atoms with Crippen LogP contribution in [0.15, 0.2) is 53.0 Å². The average molecular weight is 424 g/mol. The molecule has 0 bridgehead atoms. The van der Waals surface area contributed by atoms with Crippen LogP contribution in [0, 0.1) is 5.92 Å². The first kappa shape index (κ1) is 18.0. The van der Waals surface area contributed by atoms with E-state index in [2.05, 4.69) is 33.4 Å². The zero-order valence-corrected chi connectivity index (χ0v) is 16.6. The van der Waals surface area contributed by atoms with Crippen molar-refractivity contribution in [3.63, 3.8) is 0 Å². The third-order valence-electron chi connectivity index (χ3n) is 5.29. The fourth-order valence-electron chi connectivity index (χ4n) is 3.79. The molecular formula is C22H22BrN3O. The fraction of sp³-hybridized carbons (Fsp3) is 0.273. The molecule has 0 radical (unpaired) electrons. The number of nitrogens with two attached hydrogens (primary N) is 1. The normalized spacial score (nSPS) is 16.1. The second-order valence-corrected chi connectivity index (χ2v) is 7.99. The Kier molecular flexibility index (Phi) is 5.12. The van der Waals surface area contributed by atoms with Crippen LogP contribution in [0.2, 0.25) is 0 Å². The molecule has 1 atom stereocenters. The van der Waals surface area contributed by atoms with E-state index in [4.69, 9.17) is 10.7 Å². The fourth-order valence-corrected chi connectivity index (χ4v) is 4.14. The molecule has 5 heteroatoms. The molecule has 27 heavy (non-hydrogen) atoms. The first-order valence-corrected chi connectivity index (χ1v) is 10.1. The van der Waals surface area contributed by atoms with E-state index in [1.807, 2.05) is 36.4 Å². The van der Waals surface area contributed by atoms with E-state index in [1.165, 1.54) is 5.56 Å². The van der Waals surface area contributed by atoms with Gasteiger partial charge in [-0.2, -0.15) is 0 Å². The quantitative estimate of drug-likeness (QED) is 0.664. The number of nitrogen functional groups attached to an aromatic ring is 1. The first-order chi connectivity index (χ1) is 13.1. The monoisotopic (exact) mass is 423 g/mol. The number of fused-ring (bicyclic) bond motifs is 2. The molecule has 0 fully saturated rings. The summed E-state index contributed by atoms with van der Waals surface area (Å²) >= 11 is 3.49. The lowest BCUT2D eigenvalue weighted by Crippen LogP contribution is -2.35. The molecule has 0 spiro atoms. The molecule has 4 nitrogen and oxygen atoms in total. The Morgan fingerprint density at radius 2 is 2.04 bits per heavy atom. The van der Waals surface area contributed by atoms with Crippen molar-refractivity contribution in [1.29, 1.82) is 0 Å². The van der Waals surface area contributed by atoms with E-state index in [-0.39, 0.29) is 11.8 Å². The molecule has 0 saturated heterocycles. The van der Waals surface area contributed by atoms with Crippen LogP contribution in [0.25, 0.3) is 10.9 Å². The van der Waals surface area contributed by atoms with Gasteiger partial charge in [0.15, 0.2) is 0 Å². The number of nitrogens with one attached hydrogen (secondary N) is 1. The summed E-state index contributed by atoms with van der Waals surface area (Å²) in [5, 5.41) is 4.05. The zero-order valence-electron chi connectivity index (χ0n) is 15.0. The summed E-state index contributed by atoms with van der Waals surface area (Å²) in [7, 11) is 0. The van der Waals surface area contributed by atoms with Crippen LogP contribution >= 0.6 is 15.9 Å². The molecule has 3 N–H and O–H groups in total. The molecule has 3 aromatic rings. The molecule has 1 aliphatic carbocycles. The van der Waals surface area contributed by atoms with E-state index < -0.39 is 0 Å². The van der Waals surface area contributed by atoms with Gasteiger partial charge in [-0.05, 0) is 55.0 Å². The minimum Gasteiger partial charge on any atom is -0.398 e. The Hall–Kier alpha value is -2.40. The van der Waals surface area contributed by atoms with Gasteiger partial charge in [0.1, 0.15) is 0 Å². The summed E-state index contributed by atoms with van der Waals surface area (Å²) in [6.07, 6.45) is 3.12. The number of nitrogens with zero attached hydrogens (tertiary/aromatic N) is 1. The number of hydrogen-bond acceptors (Lipinski definition) is 3. The number of aryl methyl sites for hydroxylation is 1. The van der Waals surface area contributed by atoms with Crippen molar-refractivity contribution in [2.24, 2.45) is 5.92 Å². The van der Waals surface area contributed by atoms with Crippen molar-refractivity contribution >= 4 is 38.4 Å². The highest BCUT2D eigenvalue weighted by molar-refractivity contribution is 9.10. The molecule has 1 amide bonds. The number of halogens is 1. The van der Waals surface area contributed by atoms with Crippen LogP contribution in [0.3, 0.4) is 0 Å². The Morgan fingerprint density at radius 3 is 2.85 bits per heavy atom. The third kappa shape index (κ3) is 3.83. The second-order valence-electron chi connectivity index (χ2n) is 7.08. The van der Waals surface area contributed by atoms with Gasteiger partial charge in [0.25, 0.3) is 0 Å². The smallest absolute Gasteiger partial charge is 0.223 e. The first-order valence-electron chi connectivity index (χ1n) is 9.30. The molecule has 0 saturated carbocycles. The minimum absolute atomic E-state index is 0.0368. The molecule has 1 unspecified atom stereocenters. The van der Waals surface area contributed by atoms with Crippen molar-refractivity contribution in [3.8, 4) is 0 Å². The van der Waals surface area contributed by atoms with Gasteiger partial charge < -0.3 is 11.1 Å². The number of aromatic nitrogens is 1. The van der Waals surface area contributed by atoms with Crippen LogP contribution in [0.5, 0.6) is 0 Å². The van der Waals surface area contributed by atoms with Gasteiger partial charge in [-0.1, -0.05) is 46.3 Å². The SMILES string of the molecule is Nc1c2c(nc3cc(Br)ccc13)CCC(C(=O)NCCc1ccccc1)C2. The maximum atomic E-state index is 12.6. The number of rotatable bonds is 4. The summed E-state index contributed by atoms with van der Waals surface area (Å²) in [5.41, 5.74) is 11.4. The predicted octanol–water partition coefficient (Wildman–Crippen LogP) is 4.04. The molecule has 1 aliphatic rings. The number of anilines is 1. The number of carbonyl (C=O) groups excluding carboxylic acids is 1. The standard InChI is InChI=1S/C22H22BrN3O/c23-16-7-8-17-20(13-16)26-19-9-6-15(12-18(19)21(17)24)22(27)25-11-10-14-4-2-1-3-5-14/h1-5,7-8,13,15H,6,9-12H2,(H2,24,26)(H,25,27). The van der Waals surface area contributed by atoms with Crippen LogP contribution in [-0.4, -0.2) is 17.4 Å². The van der Waals surface area contributed by atoms with Crippen molar-refractivity contribution < 1.29 is 4.79 Å². The lowest BCUT2D eigenvalue weighted by Gasteiger charge is -2.25. The second kappa shape index (κ2) is 7.69. The highest BCUT2D eigenvalue weighted by Crippen LogP contribution is 2.34. The van der Waals surface area contributed by atoms with Gasteiger partial charge in [0.2, 0.25) is 5.91 Å². The minimum atomic E-state index is -0.0368. The summed E-state index contributed by atoms with van der Waals surface area (Å²) in [5.74, 6) is 0.0807. The topological polar surface area (TPSA) is 68.0 Å². The molecule has 4 rings (SSSR count). The summed E-state index contributed by atoms with van der Waals surface area (Å²) in [4.78, 5) is 17.4. The summed E-state index contributed by atoms with van der Waals surface area (Å²) in [6.45, 7) is 0.658. The van der Waals surface area contributed by atoms with E-state index in [1.54, 1.807) is 0 Å². The third-order valence-corrected chi connectivity index (χ3v) is 5.78. The molecule has 138 valence electrons. The van der Waals surface area contributed by atoms with E-state index in [0.717, 1.165) is 51.6 Å². The molecule has 1 heterocycles. The van der Waals surface area contributed by atoms with E-state index in [0.29, 0.717) is 13.0 Å². The van der Waals surface area contributed by atoms with Crippen LogP contribution in [0.1, 0.15) is 23.2 Å². The predicted molar refractivity (Wildman–Crippen MR) is 113 cm³/mol. The Bertz CT molecular complexity index is 988. The number of hydrogen-bond donors (Lipinski definition) is 2. The summed E-state index contributed by atoms with van der Waals surface area (Å²) < 4.78 is 0.994. The van der Waals surface area contributed by atoms with Crippen molar-refractivity contribution in [3.05, 3.63) is 69.8 Å².